The maximum Gasteiger partial charge on any atom is 0.407 e. The lowest BCUT2D eigenvalue weighted by Gasteiger charge is -2.22. The third-order valence-corrected chi connectivity index (χ3v) is 1.35. The third-order valence-electron chi connectivity index (χ3n) is 1.35. The second kappa shape index (κ2) is 5.59. The zero-order valence-corrected chi connectivity index (χ0v) is 8.99. The van der Waals surface area contributed by atoms with E-state index in [0.717, 1.165) is 0 Å². The number of carbonyl (C=O) groups excluding carboxylic acids is 2. The van der Waals surface area contributed by atoms with E-state index in [-0.39, 0.29) is 12.2 Å². The lowest BCUT2D eigenvalue weighted by Crippen LogP contribution is -2.41. The van der Waals surface area contributed by atoms with Crippen molar-refractivity contribution < 1.29 is 19.1 Å². The smallest absolute Gasteiger partial charge is 0.407 e. The molecule has 0 bridgehead atoms. The lowest BCUT2D eigenvalue weighted by atomic mass is 10.2. The van der Waals surface area contributed by atoms with Gasteiger partial charge in [0.1, 0.15) is 12.3 Å². The van der Waals surface area contributed by atoms with Crippen LogP contribution in [-0.2, 0) is 14.3 Å². The van der Waals surface area contributed by atoms with Gasteiger partial charge in [0.2, 0.25) is 0 Å². The second-order valence-corrected chi connectivity index (χ2v) is 3.80. The van der Waals surface area contributed by atoms with Gasteiger partial charge in [-0.2, -0.15) is 0 Å². The molecule has 0 saturated carbocycles. The first kappa shape index (κ1) is 12.9. The van der Waals surface area contributed by atoms with E-state index in [1.807, 2.05) is 20.8 Å². The maximum absolute atomic E-state index is 10.8. The first-order valence-electron chi connectivity index (χ1n) is 4.33. The van der Waals surface area contributed by atoms with Gasteiger partial charge in [-0.15, -0.1) is 0 Å². The van der Waals surface area contributed by atoms with Gasteiger partial charge in [0.25, 0.3) is 0 Å². The van der Waals surface area contributed by atoms with Crippen LogP contribution in [0.2, 0.25) is 0 Å². The molecule has 1 unspecified atom stereocenters. The topological polar surface area (TPSA) is 64.6 Å². The van der Waals surface area contributed by atoms with Crippen molar-refractivity contribution in [3.05, 3.63) is 0 Å². The summed E-state index contributed by atoms with van der Waals surface area (Å²) < 4.78 is 9.68. The van der Waals surface area contributed by atoms with Gasteiger partial charge in [-0.3, -0.25) is 0 Å². The lowest BCUT2D eigenvalue weighted by molar-refractivity contribution is -0.112. The van der Waals surface area contributed by atoms with Crippen molar-refractivity contribution in [2.24, 2.45) is 0 Å². The van der Waals surface area contributed by atoms with Gasteiger partial charge in [0, 0.05) is 0 Å². The van der Waals surface area contributed by atoms with Gasteiger partial charge in [-0.1, -0.05) is 0 Å². The molecule has 0 aromatic heterocycles. The molecule has 1 atom stereocenters. The largest absolute Gasteiger partial charge is 0.453 e. The molecule has 0 aliphatic heterocycles. The van der Waals surface area contributed by atoms with E-state index in [9.17, 15) is 9.59 Å². The van der Waals surface area contributed by atoms with E-state index in [2.05, 4.69) is 10.1 Å². The Morgan fingerprint density at radius 3 is 2.43 bits per heavy atom. The first-order chi connectivity index (χ1) is 6.39. The average Bonchev–Trinajstić information content (AvgIpc) is 2.10. The number of hydrogen-bond acceptors (Lipinski definition) is 4. The van der Waals surface area contributed by atoms with E-state index in [1.165, 1.54) is 7.11 Å². The van der Waals surface area contributed by atoms with Crippen LogP contribution in [0.3, 0.4) is 0 Å². The number of ether oxygens (including phenoxy) is 2. The highest BCUT2D eigenvalue weighted by Crippen LogP contribution is 2.06. The van der Waals surface area contributed by atoms with Crippen LogP contribution in [0.25, 0.3) is 0 Å². The zero-order valence-electron chi connectivity index (χ0n) is 8.99. The fraction of sp³-hybridized carbons (Fsp3) is 0.778. The Morgan fingerprint density at radius 2 is 2.07 bits per heavy atom. The van der Waals surface area contributed by atoms with Crippen molar-refractivity contribution in [1.82, 2.24) is 5.32 Å². The van der Waals surface area contributed by atoms with Crippen LogP contribution in [-0.4, -0.2) is 37.7 Å². The summed E-state index contributed by atoms with van der Waals surface area (Å²) in [5.41, 5.74) is -0.334. The molecule has 5 heteroatoms. The molecule has 14 heavy (non-hydrogen) atoms. The minimum absolute atomic E-state index is 0.141. The Kier molecular flexibility index (Phi) is 5.15. The van der Waals surface area contributed by atoms with Crippen molar-refractivity contribution in [2.45, 2.75) is 32.4 Å². The average molecular weight is 203 g/mol. The Labute approximate surface area is 83.8 Å². The third kappa shape index (κ3) is 6.42. The fourth-order valence-corrected chi connectivity index (χ4v) is 0.665. The van der Waals surface area contributed by atoms with Gasteiger partial charge in [0.15, 0.2) is 0 Å². The molecule has 5 nitrogen and oxygen atoms in total. The number of nitrogens with one attached hydrogen (secondary N) is 1. The van der Waals surface area contributed by atoms with Crippen LogP contribution in [0.15, 0.2) is 0 Å². The number of hydrogen-bond donors (Lipinski definition) is 1. The van der Waals surface area contributed by atoms with Crippen molar-refractivity contribution in [3.63, 3.8) is 0 Å². The molecule has 0 aliphatic carbocycles. The highest BCUT2D eigenvalue weighted by molar-refractivity contribution is 5.72. The van der Waals surface area contributed by atoms with Crippen molar-refractivity contribution in [3.8, 4) is 0 Å². The molecule has 0 rings (SSSR count). The molecule has 0 fully saturated rings. The van der Waals surface area contributed by atoms with E-state index in [1.54, 1.807) is 0 Å². The summed E-state index contributed by atoms with van der Waals surface area (Å²) in [6, 6.07) is -0.665. The summed E-state index contributed by atoms with van der Waals surface area (Å²) in [7, 11) is 1.24. The highest BCUT2D eigenvalue weighted by Gasteiger charge is 2.16. The van der Waals surface area contributed by atoms with Crippen LogP contribution in [0.5, 0.6) is 0 Å². The van der Waals surface area contributed by atoms with E-state index in [4.69, 9.17) is 4.74 Å². The standard InChI is InChI=1S/C9H17NO4/c1-9(2,3)14-6-7(5-11)10-8(12)13-4/h5,7H,6H2,1-4H3,(H,10,12). The maximum atomic E-state index is 10.8. The van der Waals surface area contributed by atoms with Gasteiger partial charge < -0.3 is 19.6 Å². The molecule has 1 N–H and O–H groups in total. The summed E-state index contributed by atoms with van der Waals surface area (Å²) in [4.78, 5) is 21.3. The fourth-order valence-electron chi connectivity index (χ4n) is 0.665. The van der Waals surface area contributed by atoms with Gasteiger partial charge in [-0.25, -0.2) is 4.79 Å². The van der Waals surface area contributed by atoms with Crippen LogP contribution in [0.1, 0.15) is 20.8 Å². The predicted molar refractivity (Wildman–Crippen MR) is 51.1 cm³/mol. The number of rotatable bonds is 4. The molecule has 0 spiro atoms. The second-order valence-electron chi connectivity index (χ2n) is 3.80. The Bertz CT molecular complexity index is 197. The number of methoxy groups -OCH3 is 1. The van der Waals surface area contributed by atoms with E-state index >= 15 is 0 Å². The highest BCUT2D eigenvalue weighted by atomic mass is 16.5. The zero-order chi connectivity index (χ0) is 11.2. The monoisotopic (exact) mass is 203 g/mol. The molecule has 0 aliphatic rings. The van der Waals surface area contributed by atoms with Crippen molar-refractivity contribution >= 4 is 12.4 Å². The number of aldehydes is 1. The summed E-state index contributed by atoms with van der Waals surface area (Å²) >= 11 is 0. The molecule has 0 heterocycles. The van der Waals surface area contributed by atoms with E-state index in [0.29, 0.717) is 6.29 Å². The quantitative estimate of drug-likeness (QED) is 0.684. The molecule has 0 aromatic rings. The molecule has 0 radical (unpaired) electrons. The van der Waals surface area contributed by atoms with Crippen LogP contribution >= 0.6 is 0 Å². The SMILES string of the molecule is COC(=O)NC(C=O)COC(C)(C)C. The summed E-state index contributed by atoms with van der Waals surface area (Å²) in [6.07, 6.45) is -0.0255. The molecular formula is C9H17NO4. The summed E-state index contributed by atoms with van der Waals surface area (Å²) in [6.45, 7) is 5.75. The first-order valence-corrected chi connectivity index (χ1v) is 4.33. The molecule has 0 aromatic carbocycles. The Morgan fingerprint density at radius 1 is 1.50 bits per heavy atom. The van der Waals surface area contributed by atoms with Crippen LogP contribution in [0.4, 0.5) is 4.79 Å². The Hall–Kier alpha value is -1.10. The molecule has 1 amide bonds. The Balaban J connectivity index is 3.92. The molecule has 0 saturated heterocycles. The summed E-state index contributed by atoms with van der Waals surface area (Å²) in [5, 5.41) is 2.33. The number of alkyl carbamates (subject to hydrolysis) is 1. The van der Waals surface area contributed by atoms with E-state index < -0.39 is 12.1 Å². The minimum atomic E-state index is -0.665. The predicted octanol–water partition coefficient (Wildman–Crippen LogP) is 0.725. The minimum Gasteiger partial charge on any atom is -0.453 e. The van der Waals surface area contributed by atoms with Crippen LogP contribution in [0, 0.1) is 0 Å². The number of carbonyl (C=O) groups is 2. The van der Waals surface area contributed by atoms with Gasteiger partial charge in [0.05, 0.1) is 19.3 Å². The molecular weight excluding hydrogens is 186 g/mol. The normalized spacial score (nSPS) is 13.1. The van der Waals surface area contributed by atoms with Crippen LogP contribution < -0.4 is 5.32 Å². The molecule has 82 valence electrons. The summed E-state index contributed by atoms with van der Waals surface area (Å²) in [5.74, 6) is 0. The van der Waals surface area contributed by atoms with Crippen molar-refractivity contribution in [2.75, 3.05) is 13.7 Å². The number of amides is 1. The van der Waals surface area contributed by atoms with Gasteiger partial charge in [-0.05, 0) is 20.8 Å². The van der Waals surface area contributed by atoms with Gasteiger partial charge >= 0.3 is 6.09 Å². The van der Waals surface area contributed by atoms with Crippen molar-refractivity contribution in [1.29, 1.82) is 0 Å².